The molecule has 20 heavy (non-hydrogen) atoms. The number of rotatable bonds is 2. The van der Waals surface area contributed by atoms with Crippen LogP contribution in [0.5, 0.6) is 0 Å². The van der Waals surface area contributed by atoms with E-state index in [-0.39, 0.29) is 17.6 Å². The fourth-order valence-electron chi connectivity index (χ4n) is 2.33. The molecule has 2 N–H and O–H groups in total. The number of anilines is 1. The lowest BCUT2D eigenvalue weighted by atomic mass is 10.1. The second-order valence-corrected chi connectivity index (χ2v) is 5.00. The first-order valence-electron chi connectivity index (χ1n) is 6.06. The molecule has 2 atom stereocenters. The fraction of sp³-hybridized carbons (Fsp3) is 0.500. The van der Waals surface area contributed by atoms with Gasteiger partial charge in [0.1, 0.15) is 0 Å². The Labute approximate surface area is 113 Å². The molecular weight excluding hydrogens is 275 g/mol. The van der Waals surface area contributed by atoms with Crippen molar-refractivity contribution in [3.63, 3.8) is 0 Å². The molecule has 0 spiro atoms. The zero-order valence-electron chi connectivity index (χ0n) is 10.7. The zero-order valence-corrected chi connectivity index (χ0v) is 10.7. The molecule has 2 rings (SSSR count). The average Bonchev–Trinajstić information content (AvgIpc) is 2.67. The molecule has 1 aliphatic rings. The quantitative estimate of drug-likeness (QED) is 0.670. The van der Waals surface area contributed by atoms with Gasteiger partial charge in [-0.25, -0.2) is 0 Å². The molecule has 0 aromatic heterocycles. The summed E-state index contributed by atoms with van der Waals surface area (Å²) in [6, 6.07) is 2.60. The van der Waals surface area contributed by atoms with E-state index in [1.54, 1.807) is 0 Å². The molecule has 1 saturated heterocycles. The van der Waals surface area contributed by atoms with Gasteiger partial charge in [-0.05, 0) is 12.0 Å². The largest absolute Gasteiger partial charge is 0.418 e. The van der Waals surface area contributed by atoms with E-state index in [1.165, 1.54) is 4.90 Å². The van der Waals surface area contributed by atoms with Crippen LogP contribution in [-0.2, 0) is 6.18 Å². The molecule has 1 aromatic carbocycles. The van der Waals surface area contributed by atoms with Crippen molar-refractivity contribution in [3.05, 3.63) is 33.9 Å². The first-order valence-corrected chi connectivity index (χ1v) is 6.06. The molecule has 0 aliphatic carbocycles. The summed E-state index contributed by atoms with van der Waals surface area (Å²) in [6.07, 6.45) is -4.64. The Kier molecular flexibility index (Phi) is 3.59. The van der Waals surface area contributed by atoms with Crippen molar-refractivity contribution in [2.24, 2.45) is 11.7 Å². The summed E-state index contributed by atoms with van der Waals surface area (Å²) < 4.78 is 39.2. The Morgan fingerprint density at radius 1 is 1.40 bits per heavy atom. The van der Waals surface area contributed by atoms with Gasteiger partial charge >= 0.3 is 6.18 Å². The van der Waals surface area contributed by atoms with Crippen LogP contribution >= 0.6 is 0 Å². The molecule has 1 aromatic rings. The second-order valence-electron chi connectivity index (χ2n) is 5.00. The molecule has 110 valence electrons. The number of nitro benzene ring substituents is 1. The molecule has 0 bridgehead atoms. The highest BCUT2D eigenvalue weighted by atomic mass is 19.4. The summed E-state index contributed by atoms with van der Waals surface area (Å²) in [5, 5.41) is 10.6. The SMILES string of the molecule is CC1CN(c2ccc([N+](=O)[O-])cc2C(F)(F)F)CC1N. The third-order valence-electron chi connectivity index (χ3n) is 3.51. The van der Waals surface area contributed by atoms with Crippen LogP contribution in [0.15, 0.2) is 18.2 Å². The monoisotopic (exact) mass is 289 g/mol. The lowest BCUT2D eigenvalue weighted by Crippen LogP contribution is -2.29. The van der Waals surface area contributed by atoms with Crippen molar-refractivity contribution in [2.45, 2.75) is 19.1 Å². The van der Waals surface area contributed by atoms with E-state index in [9.17, 15) is 23.3 Å². The van der Waals surface area contributed by atoms with Crippen molar-refractivity contribution in [2.75, 3.05) is 18.0 Å². The number of hydrogen-bond acceptors (Lipinski definition) is 4. The van der Waals surface area contributed by atoms with Crippen molar-refractivity contribution >= 4 is 11.4 Å². The highest BCUT2D eigenvalue weighted by molar-refractivity contribution is 5.60. The third-order valence-corrected chi connectivity index (χ3v) is 3.51. The molecule has 1 aliphatic heterocycles. The maximum absolute atomic E-state index is 13.1. The molecule has 0 radical (unpaired) electrons. The lowest BCUT2D eigenvalue weighted by molar-refractivity contribution is -0.385. The van der Waals surface area contributed by atoms with Crippen LogP contribution in [-0.4, -0.2) is 24.1 Å². The summed E-state index contributed by atoms with van der Waals surface area (Å²) >= 11 is 0. The number of hydrogen-bond donors (Lipinski definition) is 1. The maximum Gasteiger partial charge on any atom is 0.418 e. The maximum atomic E-state index is 13.1. The number of halogens is 3. The number of nitrogens with zero attached hydrogens (tertiary/aromatic N) is 2. The second kappa shape index (κ2) is 4.93. The van der Waals surface area contributed by atoms with Crippen LogP contribution in [0.3, 0.4) is 0 Å². The van der Waals surface area contributed by atoms with Crippen LogP contribution < -0.4 is 10.6 Å². The van der Waals surface area contributed by atoms with E-state index in [4.69, 9.17) is 5.73 Å². The van der Waals surface area contributed by atoms with Crippen molar-refractivity contribution < 1.29 is 18.1 Å². The van der Waals surface area contributed by atoms with Crippen molar-refractivity contribution in [3.8, 4) is 0 Å². The fourth-order valence-corrected chi connectivity index (χ4v) is 2.33. The van der Waals surface area contributed by atoms with E-state index < -0.39 is 22.4 Å². The Morgan fingerprint density at radius 2 is 2.05 bits per heavy atom. The Balaban J connectivity index is 2.45. The van der Waals surface area contributed by atoms with Crippen LogP contribution in [0, 0.1) is 16.0 Å². The minimum atomic E-state index is -4.64. The number of alkyl halides is 3. The summed E-state index contributed by atoms with van der Waals surface area (Å²) in [6.45, 7) is 2.58. The standard InChI is InChI=1S/C12H14F3N3O2/c1-7-5-17(6-10(7)16)11-3-2-8(18(19)20)4-9(11)12(13,14)15/h2-4,7,10H,5-6,16H2,1H3. The molecule has 0 saturated carbocycles. The summed E-state index contributed by atoms with van der Waals surface area (Å²) in [7, 11) is 0. The van der Waals surface area contributed by atoms with E-state index in [0.29, 0.717) is 19.2 Å². The third kappa shape index (κ3) is 2.69. The highest BCUT2D eigenvalue weighted by Gasteiger charge is 2.38. The predicted molar refractivity (Wildman–Crippen MR) is 67.5 cm³/mol. The van der Waals surface area contributed by atoms with Crippen LogP contribution in [0.2, 0.25) is 0 Å². The van der Waals surface area contributed by atoms with Gasteiger partial charge in [0.05, 0.1) is 10.5 Å². The van der Waals surface area contributed by atoms with Gasteiger partial charge in [0.2, 0.25) is 0 Å². The summed E-state index contributed by atoms with van der Waals surface area (Å²) in [5.74, 6) is 0.0753. The smallest absolute Gasteiger partial charge is 0.369 e. The molecule has 2 unspecified atom stereocenters. The number of nitrogens with two attached hydrogens (primary N) is 1. The van der Waals surface area contributed by atoms with Gasteiger partial charge in [0.25, 0.3) is 5.69 Å². The van der Waals surface area contributed by atoms with E-state index in [0.717, 1.165) is 12.1 Å². The van der Waals surface area contributed by atoms with Crippen LogP contribution in [0.1, 0.15) is 12.5 Å². The first-order chi connectivity index (χ1) is 9.20. The summed E-state index contributed by atoms with van der Waals surface area (Å²) in [5.41, 5.74) is 4.19. The molecule has 1 heterocycles. The van der Waals surface area contributed by atoms with Crippen molar-refractivity contribution in [1.29, 1.82) is 0 Å². The van der Waals surface area contributed by atoms with Gasteiger partial charge in [-0.2, -0.15) is 13.2 Å². The molecular formula is C12H14F3N3O2. The van der Waals surface area contributed by atoms with Crippen LogP contribution in [0.25, 0.3) is 0 Å². The predicted octanol–water partition coefficient (Wildman–Crippen LogP) is 2.40. The molecule has 5 nitrogen and oxygen atoms in total. The minimum Gasteiger partial charge on any atom is -0.369 e. The average molecular weight is 289 g/mol. The van der Waals surface area contributed by atoms with Gasteiger partial charge in [0.15, 0.2) is 0 Å². The number of nitro groups is 1. The Bertz CT molecular complexity index is 523. The minimum absolute atomic E-state index is 0.0529. The summed E-state index contributed by atoms with van der Waals surface area (Å²) in [4.78, 5) is 11.3. The van der Waals surface area contributed by atoms with Gasteiger partial charge in [-0.15, -0.1) is 0 Å². The molecule has 8 heteroatoms. The van der Waals surface area contributed by atoms with Gasteiger partial charge in [-0.1, -0.05) is 6.92 Å². The van der Waals surface area contributed by atoms with Gasteiger partial charge in [-0.3, -0.25) is 10.1 Å². The molecule has 0 amide bonds. The van der Waals surface area contributed by atoms with Gasteiger partial charge in [0, 0.05) is 37.0 Å². The zero-order chi connectivity index (χ0) is 15.1. The van der Waals surface area contributed by atoms with Crippen LogP contribution in [0.4, 0.5) is 24.5 Å². The highest BCUT2D eigenvalue weighted by Crippen LogP contribution is 2.40. The Morgan fingerprint density at radius 3 is 2.50 bits per heavy atom. The van der Waals surface area contributed by atoms with E-state index in [2.05, 4.69) is 0 Å². The normalized spacial score (nSPS) is 23.1. The van der Waals surface area contributed by atoms with E-state index in [1.807, 2.05) is 6.92 Å². The van der Waals surface area contributed by atoms with E-state index >= 15 is 0 Å². The van der Waals surface area contributed by atoms with Gasteiger partial charge < -0.3 is 10.6 Å². The molecule has 1 fully saturated rings. The first kappa shape index (κ1) is 14.6. The lowest BCUT2D eigenvalue weighted by Gasteiger charge is -2.22. The van der Waals surface area contributed by atoms with Crippen molar-refractivity contribution in [1.82, 2.24) is 0 Å². The number of benzene rings is 1. The Hall–Kier alpha value is -1.83. The topological polar surface area (TPSA) is 72.4 Å². The number of non-ortho nitro benzene ring substituents is 1.